The predicted octanol–water partition coefficient (Wildman–Crippen LogP) is 2.76. The summed E-state index contributed by atoms with van der Waals surface area (Å²) >= 11 is 0. The first-order chi connectivity index (χ1) is 8.39. The highest BCUT2D eigenvalue weighted by Gasteiger charge is 2.19. The van der Waals surface area contributed by atoms with Crippen LogP contribution in [-0.2, 0) is 4.74 Å². The Morgan fingerprint density at radius 2 is 2.16 bits per heavy atom. The molecule has 0 radical (unpaired) electrons. The summed E-state index contributed by atoms with van der Waals surface area (Å²) in [4.78, 5) is 4.44. The highest BCUT2D eigenvalue weighted by Crippen LogP contribution is 2.25. The van der Waals surface area contributed by atoms with Gasteiger partial charge in [-0.3, -0.25) is 4.99 Å². The third-order valence-corrected chi connectivity index (χ3v) is 3.17. The van der Waals surface area contributed by atoms with Gasteiger partial charge in [0.25, 0.3) is 0 Å². The molecule has 1 atom stereocenters. The van der Waals surface area contributed by atoms with Crippen LogP contribution in [0.3, 0.4) is 0 Å². The Morgan fingerprint density at radius 3 is 2.68 bits per heavy atom. The molecule has 1 aliphatic heterocycles. The summed E-state index contributed by atoms with van der Waals surface area (Å²) < 4.78 is 5.53. The van der Waals surface area contributed by atoms with E-state index in [1.165, 1.54) is 0 Å². The Labute approximate surface area is 135 Å². The van der Waals surface area contributed by atoms with Crippen LogP contribution in [0.5, 0.6) is 0 Å². The number of hydrogen-bond acceptors (Lipinski definition) is 2. The van der Waals surface area contributed by atoms with Crippen molar-refractivity contribution in [3.05, 3.63) is 0 Å². The number of nitrogens with one attached hydrogen (secondary N) is 1. The summed E-state index contributed by atoms with van der Waals surface area (Å²) in [6.45, 7) is 11.4. The molecule has 1 saturated heterocycles. The van der Waals surface area contributed by atoms with Crippen LogP contribution in [0.2, 0.25) is 0 Å². The Balaban J connectivity index is 0.00000324. The van der Waals surface area contributed by atoms with Gasteiger partial charge in [-0.05, 0) is 30.6 Å². The maximum Gasteiger partial charge on any atom is 0.188 e. The number of rotatable bonds is 6. The minimum absolute atomic E-state index is 0. The largest absolute Gasteiger partial charge is 0.376 e. The van der Waals surface area contributed by atoms with E-state index in [-0.39, 0.29) is 29.4 Å². The summed E-state index contributed by atoms with van der Waals surface area (Å²) in [6, 6.07) is 0. The smallest absolute Gasteiger partial charge is 0.188 e. The summed E-state index contributed by atoms with van der Waals surface area (Å²) in [5.74, 6) is 1.23. The van der Waals surface area contributed by atoms with Gasteiger partial charge in [0.2, 0.25) is 0 Å². The lowest BCUT2D eigenvalue weighted by molar-refractivity contribution is 0.114. The van der Waals surface area contributed by atoms with E-state index in [0.29, 0.717) is 18.0 Å². The molecule has 0 amide bonds. The Bertz CT molecular complexity index is 274. The van der Waals surface area contributed by atoms with Crippen LogP contribution in [0.4, 0.5) is 0 Å². The first-order valence-electron chi connectivity index (χ1n) is 7.04. The van der Waals surface area contributed by atoms with Gasteiger partial charge in [-0.2, -0.15) is 0 Å². The fourth-order valence-corrected chi connectivity index (χ4v) is 2.55. The van der Waals surface area contributed by atoms with E-state index in [1.54, 1.807) is 0 Å². The Hall–Kier alpha value is -0.0400. The SMILES string of the molecule is CC(C)CC(C)(C)CN=C(N)NCC1CCCO1.I. The van der Waals surface area contributed by atoms with Crippen LogP contribution in [0.15, 0.2) is 4.99 Å². The molecule has 0 aromatic carbocycles. The first-order valence-corrected chi connectivity index (χ1v) is 7.04. The molecule has 0 aliphatic carbocycles. The summed E-state index contributed by atoms with van der Waals surface area (Å²) in [5, 5.41) is 3.15. The van der Waals surface area contributed by atoms with Gasteiger partial charge in [-0.25, -0.2) is 0 Å². The normalized spacial score (nSPS) is 20.5. The van der Waals surface area contributed by atoms with Gasteiger partial charge in [0, 0.05) is 19.7 Å². The standard InChI is InChI=1S/C14H29N3O.HI/c1-11(2)8-14(3,4)10-17-13(15)16-9-12-6-5-7-18-12;/h11-12H,5-10H2,1-4H3,(H3,15,16,17);1H. The highest BCUT2D eigenvalue weighted by molar-refractivity contribution is 14.0. The van der Waals surface area contributed by atoms with Crippen molar-refractivity contribution in [2.45, 2.75) is 53.1 Å². The fraction of sp³-hybridized carbons (Fsp3) is 0.929. The van der Waals surface area contributed by atoms with Crippen LogP contribution in [-0.4, -0.2) is 31.8 Å². The van der Waals surface area contributed by atoms with Crippen molar-refractivity contribution < 1.29 is 4.74 Å². The molecule has 0 aromatic rings. The molecule has 0 bridgehead atoms. The molecule has 5 heteroatoms. The van der Waals surface area contributed by atoms with Crippen molar-refractivity contribution in [1.82, 2.24) is 5.32 Å². The number of hydrogen-bond donors (Lipinski definition) is 2. The van der Waals surface area contributed by atoms with Crippen LogP contribution in [0, 0.1) is 11.3 Å². The van der Waals surface area contributed by atoms with E-state index in [2.05, 4.69) is 38.0 Å². The summed E-state index contributed by atoms with van der Waals surface area (Å²) in [5.41, 5.74) is 6.09. The number of ether oxygens (including phenoxy) is 1. The molecule has 1 unspecified atom stereocenters. The van der Waals surface area contributed by atoms with E-state index in [9.17, 15) is 0 Å². The molecule has 1 aliphatic rings. The van der Waals surface area contributed by atoms with Gasteiger partial charge < -0.3 is 15.8 Å². The quantitative estimate of drug-likeness (QED) is 0.421. The Kier molecular flexibility index (Phi) is 8.98. The predicted molar refractivity (Wildman–Crippen MR) is 92.1 cm³/mol. The zero-order chi connectivity index (χ0) is 13.6. The van der Waals surface area contributed by atoms with Crippen LogP contribution in [0.1, 0.15) is 47.0 Å². The number of aliphatic imine (C=N–C) groups is 1. The van der Waals surface area contributed by atoms with Crippen molar-refractivity contribution in [3.8, 4) is 0 Å². The van der Waals surface area contributed by atoms with Crippen molar-refractivity contribution in [1.29, 1.82) is 0 Å². The molecule has 0 aromatic heterocycles. The molecule has 1 rings (SSSR count). The highest BCUT2D eigenvalue weighted by atomic mass is 127. The fourth-order valence-electron chi connectivity index (χ4n) is 2.55. The van der Waals surface area contributed by atoms with Crippen LogP contribution >= 0.6 is 24.0 Å². The third kappa shape index (κ3) is 8.68. The van der Waals surface area contributed by atoms with Crippen molar-refractivity contribution in [2.75, 3.05) is 19.7 Å². The molecule has 114 valence electrons. The lowest BCUT2D eigenvalue weighted by Gasteiger charge is -2.24. The third-order valence-electron chi connectivity index (χ3n) is 3.17. The number of guanidine groups is 1. The molecule has 3 N–H and O–H groups in total. The zero-order valence-electron chi connectivity index (χ0n) is 12.7. The van der Waals surface area contributed by atoms with Gasteiger partial charge in [0.1, 0.15) is 0 Å². The molecule has 1 fully saturated rings. The topological polar surface area (TPSA) is 59.6 Å². The number of halogens is 1. The van der Waals surface area contributed by atoms with Gasteiger partial charge in [0.05, 0.1) is 6.10 Å². The second kappa shape index (κ2) is 9.00. The lowest BCUT2D eigenvalue weighted by atomic mass is 9.84. The molecule has 0 saturated carbocycles. The van der Waals surface area contributed by atoms with Crippen molar-refractivity contribution >= 4 is 29.9 Å². The second-order valence-electron chi connectivity index (χ2n) is 6.48. The second-order valence-corrected chi connectivity index (χ2v) is 6.48. The number of nitrogens with zero attached hydrogens (tertiary/aromatic N) is 1. The molecule has 0 spiro atoms. The van der Waals surface area contributed by atoms with E-state index in [0.717, 1.165) is 39.0 Å². The van der Waals surface area contributed by atoms with Gasteiger partial charge >= 0.3 is 0 Å². The summed E-state index contributed by atoms with van der Waals surface area (Å²) in [6.07, 6.45) is 3.75. The molecule has 4 nitrogen and oxygen atoms in total. The van der Waals surface area contributed by atoms with Gasteiger partial charge in [-0.1, -0.05) is 27.7 Å². The van der Waals surface area contributed by atoms with Crippen LogP contribution in [0.25, 0.3) is 0 Å². The van der Waals surface area contributed by atoms with E-state index < -0.39 is 0 Å². The first kappa shape index (κ1) is 19.0. The van der Waals surface area contributed by atoms with Crippen LogP contribution < -0.4 is 11.1 Å². The average molecular weight is 383 g/mol. The van der Waals surface area contributed by atoms with E-state index in [1.807, 2.05) is 0 Å². The molecular weight excluding hydrogens is 353 g/mol. The minimum atomic E-state index is 0. The Morgan fingerprint density at radius 1 is 1.47 bits per heavy atom. The maximum absolute atomic E-state index is 5.87. The summed E-state index contributed by atoms with van der Waals surface area (Å²) in [7, 11) is 0. The average Bonchev–Trinajstić information content (AvgIpc) is 2.74. The van der Waals surface area contributed by atoms with Gasteiger partial charge in [0.15, 0.2) is 5.96 Å². The van der Waals surface area contributed by atoms with E-state index in [4.69, 9.17) is 10.5 Å². The van der Waals surface area contributed by atoms with E-state index >= 15 is 0 Å². The monoisotopic (exact) mass is 383 g/mol. The van der Waals surface area contributed by atoms with Crippen molar-refractivity contribution in [3.63, 3.8) is 0 Å². The maximum atomic E-state index is 5.87. The van der Waals surface area contributed by atoms with Crippen molar-refractivity contribution in [2.24, 2.45) is 22.1 Å². The molecule has 1 heterocycles. The zero-order valence-corrected chi connectivity index (χ0v) is 15.1. The van der Waals surface area contributed by atoms with Gasteiger partial charge in [-0.15, -0.1) is 24.0 Å². The number of nitrogens with two attached hydrogens (primary N) is 1. The minimum Gasteiger partial charge on any atom is -0.376 e. The molecule has 19 heavy (non-hydrogen) atoms. The molecular formula is C14H30IN3O. The lowest BCUT2D eigenvalue weighted by Crippen LogP contribution is -2.38.